The number of carbonyl (C=O) groups excluding carboxylic acids is 3. The van der Waals surface area contributed by atoms with Gasteiger partial charge in [-0.3, -0.25) is 0 Å². The molecule has 0 aromatic rings. The van der Waals surface area contributed by atoms with Crippen molar-refractivity contribution in [2.75, 3.05) is 13.7 Å². The Morgan fingerprint density at radius 3 is 2.59 bits per heavy atom. The molecule has 1 heterocycles. The fourth-order valence-electron chi connectivity index (χ4n) is 1.85. The molecule has 0 bridgehead atoms. The highest BCUT2D eigenvalue weighted by atomic mass is 16.6. The Kier molecular flexibility index (Phi) is 5.58. The zero-order chi connectivity index (χ0) is 16.9. The summed E-state index contributed by atoms with van der Waals surface area (Å²) in [5, 5.41) is 3.31. The lowest BCUT2D eigenvalue weighted by Gasteiger charge is -2.25. The van der Waals surface area contributed by atoms with Crippen LogP contribution in [0.15, 0.2) is 5.11 Å². The lowest BCUT2D eigenvalue weighted by Crippen LogP contribution is -2.48. The van der Waals surface area contributed by atoms with Crippen molar-refractivity contribution in [3.05, 3.63) is 10.4 Å². The number of cyclic esters (lactones) is 1. The minimum atomic E-state index is -1.28. The van der Waals surface area contributed by atoms with Crippen LogP contribution in [-0.2, 0) is 19.0 Å². The van der Waals surface area contributed by atoms with E-state index in [0.717, 1.165) is 7.11 Å². The molecule has 2 atom stereocenters. The van der Waals surface area contributed by atoms with Crippen molar-refractivity contribution in [1.82, 2.24) is 4.90 Å². The first-order chi connectivity index (χ1) is 10.2. The van der Waals surface area contributed by atoms with Crippen LogP contribution in [0.5, 0.6) is 0 Å². The first kappa shape index (κ1) is 17.6. The number of imide groups is 1. The molecular formula is C12H18N4O6. The molecule has 0 aliphatic carbocycles. The number of esters is 1. The number of rotatable bonds is 4. The van der Waals surface area contributed by atoms with Gasteiger partial charge in [0.05, 0.1) is 7.11 Å². The van der Waals surface area contributed by atoms with Crippen molar-refractivity contribution in [2.45, 2.75) is 44.9 Å². The normalized spacial score (nSPS) is 20.9. The number of ether oxygens (including phenoxy) is 3. The van der Waals surface area contributed by atoms with Crippen LogP contribution in [0, 0.1) is 0 Å². The van der Waals surface area contributed by atoms with Crippen molar-refractivity contribution in [2.24, 2.45) is 5.11 Å². The maximum absolute atomic E-state index is 12.1. The molecule has 1 rings (SSSR count). The van der Waals surface area contributed by atoms with Gasteiger partial charge >= 0.3 is 18.2 Å². The Labute approximate surface area is 126 Å². The molecule has 0 radical (unpaired) electrons. The van der Waals surface area contributed by atoms with Crippen LogP contribution in [0.1, 0.15) is 27.2 Å². The smallest absolute Gasteiger partial charge is 0.420 e. The van der Waals surface area contributed by atoms with Crippen molar-refractivity contribution in [1.29, 1.82) is 0 Å². The van der Waals surface area contributed by atoms with Crippen molar-refractivity contribution >= 4 is 18.2 Å². The fraction of sp³-hybridized carbons (Fsp3) is 0.750. The molecule has 0 aromatic carbocycles. The number of azide groups is 1. The minimum Gasteiger partial charge on any atom is -0.467 e. The van der Waals surface area contributed by atoms with Gasteiger partial charge in [0.25, 0.3) is 0 Å². The summed E-state index contributed by atoms with van der Waals surface area (Å²) in [7, 11) is 1.13. The van der Waals surface area contributed by atoms with Gasteiger partial charge in [0.1, 0.15) is 11.7 Å². The highest BCUT2D eigenvalue weighted by Crippen LogP contribution is 2.25. The van der Waals surface area contributed by atoms with E-state index in [1.54, 1.807) is 20.8 Å². The van der Waals surface area contributed by atoms with E-state index in [2.05, 4.69) is 14.8 Å². The van der Waals surface area contributed by atoms with E-state index in [4.69, 9.17) is 15.0 Å². The van der Waals surface area contributed by atoms with Crippen molar-refractivity contribution < 1.29 is 28.6 Å². The minimum absolute atomic E-state index is 0.00407. The average molecular weight is 314 g/mol. The molecule has 10 heteroatoms. The predicted molar refractivity (Wildman–Crippen MR) is 72.8 cm³/mol. The molecule has 1 saturated heterocycles. The van der Waals surface area contributed by atoms with Crippen LogP contribution in [0.4, 0.5) is 9.59 Å². The Bertz CT molecular complexity index is 508. The lowest BCUT2D eigenvalue weighted by molar-refractivity contribution is -0.146. The molecule has 1 fully saturated rings. The number of hydrogen-bond donors (Lipinski definition) is 0. The van der Waals surface area contributed by atoms with E-state index in [-0.39, 0.29) is 13.0 Å². The summed E-state index contributed by atoms with van der Waals surface area (Å²) in [6, 6.07) is -1.28. The van der Waals surface area contributed by atoms with Crippen molar-refractivity contribution in [3.63, 3.8) is 0 Å². The quantitative estimate of drug-likeness (QED) is 0.256. The summed E-state index contributed by atoms with van der Waals surface area (Å²) in [6.07, 6.45) is -2.89. The van der Waals surface area contributed by atoms with Gasteiger partial charge < -0.3 is 14.2 Å². The highest BCUT2D eigenvalue weighted by Gasteiger charge is 2.51. The van der Waals surface area contributed by atoms with E-state index < -0.39 is 35.9 Å². The molecule has 22 heavy (non-hydrogen) atoms. The van der Waals surface area contributed by atoms with Crippen LogP contribution in [0.25, 0.3) is 10.4 Å². The second kappa shape index (κ2) is 6.99. The Hall–Kier alpha value is -2.48. The molecule has 1 aliphatic heterocycles. The second-order valence-corrected chi connectivity index (χ2v) is 5.48. The van der Waals surface area contributed by atoms with Crippen LogP contribution in [0.3, 0.4) is 0 Å². The SMILES string of the molecule is COC(=O)[C@@H]1[C@@H](CCN=[N+]=[N-])OC(=O)N1C(=O)OC(C)(C)C. The number of nitrogens with zero attached hydrogens (tertiary/aromatic N) is 4. The molecule has 10 nitrogen and oxygen atoms in total. The van der Waals surface area contributed by atoms with Gasteiger partial charge in [-0.2, -0.15) is 4.90 Å². The third-order valence-corrected chi connectivity index (χ3v) is 2.69. The fourth-order valence-corrected chi connectivity index (χ4v) is 1.85. The van der Waals surface area contributed by atoms with E-state index in [0.29, 0.717) is 4.90 Å². The van der Waals surface area contributed by atoms with Gasteiger partial charge in [-0.25, -0.2) is 14.4 Å². The average Bonchev–Trinajstić information content (AvgIpc) is 2.73. The van der Waals surface area contributed by atoms with E-state index in [1.807, 2.05) is 0 Å². The summed E-state index contributed by atoms with van der Waals surface area (Å²) in [6.45, 7) is 4.87. The van der Waals surface area contributed by atoms with Crippen molar-refractivity contribution in [3.8, 4) is 0 Å². The van der Waals surface area contributed by atoms with Gasteiger partial charge in [0, 0.05) is 11.5 Å². The number of amides is 2. The summed E-state index contributed by atoms with van der Waals surface area (Å²) < 4.78 is 14.7. The molecule has 2 amide bonds. The molecule has 122 valence electrons. The topological polar surface area (TPSA) is 131 Å². The zero-order valence-electron chi connectivity index (χ0n) is 12.8. The first-order valence-corrected chi connectivity index (χ1v) is 6.52. The maximum atomic E-state index is 12.1. The molecule has 0 unspecified atom stereocenters. The van der Waals surface area contributed by atoms with Gasteiger partial charge in [-0.15, -0.1) is 0 Å². The molecule has 0 spiro atoms. The third-order valence-electron chi connectivity index (χ3n) is 2.69. The van der Waals surface area contributed by atoms with Crippen LogP contribution in [-0.4, -0.2) is 54.5 Å². The Balaban J connectivity index is 2.97. The van der Waals surface area contributed by atoms with E-state index in [1.165, 1.54) is 0 Å². The monoisotopic (exact) mass is 314 g/mol. The van der Waals surface area contributed by atoms with E-state index in [9.17, 15) is 14.4 Å². The van der Waals surface area contributed by atoms with Crippen LogP contribution in [0.2, 0.25) is 0 Å². The third kappa shape index (κ3) is 4.26. The first-order valence-electron chi connectivity index (χ1n) is 6.52. The standard InChI is InChI=1S/C12H18N4O6/c1-12(2,3)22-11(19)16-8(9(17)20-4)7(21-10(16)18)5-6-14-15-13/h7-8H,5-6H2,1-4H3/t7-,8+/m1/s1. The molecular weight excluding hydrogens is 296 g/mol. The van der Waals surface area contributed by atoms with Gasteiger partial charge in [-0.05, 0) is 32.7 Å². The molecule has 0 saturated carbocycles. The van der Waals surface area contributed by atoms with Gasteiger partial charge in [-0.1, -0.05) is 5.11 Å². The van der Waals surface area contributed by atoms with Gasteiger partial charge in [0.2, 0.25) is 0 Å². The largest absolute Gasteiger partial charge is 0.467 e. The predicted octanol–water partition coefficient (Wildman–Crippen LogP) is 1.98. The summed E-state index contributed by atoms with van der Waals surface area (Å²) in [4.78, 5) is 39.0. The maximum Gasteiger partial charge on any atom is 0.420 e. The number of methoxy groups -OCH3 is 1. The lowest BCUT2D eigenvalue weighted by atomic mass is 10.1. The van der Waals surface area contributed by atoms with E-state index >= 15 is 0 Å². The Morgan fingerprint density at radius 1 is 1.45 bits per heavy atom. The molecule has 1 aliphatic rings. The second-order valence-electron chi connectivity index (χ2n) is 5.48. The Morgan fingerprint density at radius 2 is 2.09 bits per heavy atom. The van der Waals surface area contributed by atoms with Gasteiger partial charge in [0.15, 0.2) is 6.04 Å². The summed E-state index contributed by atoms with van der Waals surface area (Å²) >= 11 is 0. The van der Waals surface area contributed by atoms with Crippen LogP contribution < -0.4 is 0 Å². The number of hydrogen-bond acceptors (Lipinski definition) is 7. The number of carbonyl (C=O) groups is 3. The highest BCUT2D eigenvalue weighted by molar-refractivity contribution is 5.96. The zero-order valence-corrected chi connectivity index (χ0v) is 12.8. The molecule has 0 N–H and O–H groups in total. The molecule has 0 aromatic heterocycles. The summed E-state index contributed by atoms with van der Waals surface area (Å²) in [5.41, 5.74) is 7.41. The summed E-state index contributed by atoms with van der Waals surface area (Å²) in [5.74, 6) is -0.817. The van der Waals surface area contributed by atoms with Crippen LogP contribution >= 0.6 is 0 Å².